The number of benzene rings is 2. The summed E-state index contributed by atoms with van der Waals surface area (Å²) in [5.41, 5.74) is 1.13. The molecule has 19 heavy (non-hydrogen) atoms. The van der Waals surface area contributed by atoms with Crippen LogP contribution in [0.5, 0.6) is 5.75 Å². The van der Waals surface area contributed by atoms with Gasteiger partial charge in [-0.2, -0.15) is 0 Å². The van der Waals surface area contributed by atoms with E-state index in [4.69, 9.17) is 0 Å². The van der Waals surface area contributed by atoms with Gasteiger partial charge in [0, 0.05) is 12.7 Å². The van der Waals surface area contributed by atoms with Gasteiger partial charge in [-0.15, -0.1) is 0 Å². The minimum Gasteiger partial charge on any atom is -0.508 e. The van der Waals surface area contributed by atoms with Gasteiger partial charge >= 0.3 is 0 Å². The Morgan fingerprint density at radius 1 is 1.21 bits per heavy atom. The van der Waals surface area contributed by atoms with Crippen molar-refractivity contribution in [1.29, 1.82) is 0 Å². The highest BCUT2D eigenvalue weighted by molar-refractivity contribution is 8.13. The van der Waals surface area contributed by atoms with Crippen molar-refractivity contribution in [3.63, 3.8) is 0 Å². The third kappa shape index (κ3) is 4.14. The summed E-state index contributed by atoms with van der Waals surface area (Å²) >= 11 is 1.35. The predicted molar refractivity (Wildman–Crippen MR) is 82.4 cm³/mol. The van der Waals surface area contributed by atoms with Crippen LogP contribution in [-0.4, -0.2) is 16.0 Å². The van der Waals surface area contributed by atoms with Crippen LogP contribution >= 0.6 is 11.8 Å². The standard InChI is InChI=1S/C16H16O2S/c1-12(17)19-9-3-2-4-13-5-6-15-11-16(18)8-7-14(15)10-13/h2,4-8,10-11,18H,3,9H2,1H3. The van der Waals surface area contributed by atoms with Gasteiger partial charge in [0.25, 0.3) is 0 Å². The molecule has 0 aromatic heterocycles. The Labute approximate surface area is 117 Å². The molecule has 0 radical (unpaired) electrons. The number of carbonyl (C=O) groups excluding carboxylic acids is 1. The molecule has 0 saturated heterocycles. The van der Waals surface area contributed by atoms with Crippen LogP contribution in [0, 0.1) is 0 Å². The molecule has 2 aromatic carbocycles. The van der Waals surface area contributed by atoms with E-state index in [0.717, 1.165) is 28.5 Å². The van der Waals surface area contributed by atoms with Gasteiger partial charge in [0.05, 0.1) is 0 Å². The third-order valence-corrected chi connectivity index (χ3v) is 3.59. The summed E-state index contributed by atoms with van der Waals surface area (Å²) in [7, 11) is 0. The van der Waals surface area contributed by atoms with Crippen molar-refractivity contribution >= 4 is 33.7 Å². The van der Waals surface area contributed by atoms with Crippen LogP contribution in [0.25, 0.3) is 16.8 Å². The molecule has 2 nitrogen and oxygen atoms in total. The number of phenolic OH excluding ortho intramolecular Hbond substituents is 1. The monoisotopic (exact) mass is 272 g/mol. The topological polar surface area (TPSA) is 37.3 Å². The molecule has 0 amide bonds. The summed E-state index contributed by atoms with van der Waals surface area (Å²) in [6.45, 7) is 1.59. The molecule has 2 rings (SSSR count). The Hall–Kier alpha value is -1.74. The van der Waals surface area contributed by atoms with Crippen molar-refractivity contribution in [3.05, 3.63) is 48.0 Å². The Morgan fingerprint density at radius 3 is 2.74 bits per heavy atom. The number of allylic oxidation sites excluding steroid dienone is 1. The lowest BCUT2D eigenvalue weighted by molar-refractivity contribution is -0.109. The summed E-state index contributed by atoms with van der Waals surface area (Å²) in [6.07, 6.45) is 5.03. The van der Waals surface area contributed by atoms with Crippen LogP contribution in [0.1, 0.15) is 18.9 Å². The lowest BCUT2D eigenvalue weighted by atomic mass is 10.1. The normalized spacial score (nSPS) is 11.2. The maximum absolute atomic E-state index is 10.8. The molecule has 2 aromatic rings. The fraction of sp³-hybridized carbons (Fsp3) is 0.188. The van der Waals surface area contributed by atoms with Crippen molar-refractivity contribution < 1.29 is 9.90 Å². The minimum absolute atomic E-state index is 0.166. The molecule has 0 saturated carbocycles. The summed E-state index contributed by atoms with van der Waals surface area (Å²) in [5, 5.41) is 11.7. The molecule has 0 bridgehead atoms. The van der Waals surface area contributed by atoms with Crippen molar-refractivity contribution in [3.8, 4) is 5.75 Å². The summed E-state index contributed by atoms with van der Waals surface area (Å²) in [6, 6.07) is 11.5. The third-order valence-electron chi connectivity index (χ3n) is 2.75. The lowest BCUT2D eigenvalue weighted by Crippen LogP contribution is -1.83. The van der Waals surface area contributed by atoms with Crippen LogP contribution in [-0.2, 0) is 4.79 Å². The molecule has 0 aliphatic rings. The first kappa shape index (κ1) is 13.7. The summed E-state index contributed by atoms with van der Waals surface area (Å²) in [5.74, 6) is 1.12. The van der Waals surface area contributed by atoms with Crippen molar-refractivity contribution in [2.24, 2.45) is 0 Å². The van der Waals surface area contributed by atoms with E-state index in [1.54, 1.807) is 19.1 Å². The van der Waals surface area contributed by atoms with E-state index >= 15 is 0 Å². The highest BCUT2D eigenvalue weighted by atomic mass is 32.2. The van der Waals surface area contributed by atoms with Crippen LogP contribution in [0.2, 0.25) is 0 Å². The van der Waals surface area contributed by atoms with E-state index in [0.29, 0.717) is 0 Å². The predicted octanol–water partition coefficient (Wildman–Crippen LogP) is 4.23. The Morgan fingerprint density at radius 2 is 1.95 bits per heavy atom. The van der Waals surface area contributed by atoms with E-state index in [-0.39, 0.29) is 10.9 Å². The molecular formula is C16H16O2S. The maximum atomic E-state index is 10.8. The largest absolute Gasteiger partial charge is 0.508 e. The van der Waals surface area contributed by atoms with Crippen molar-refractivity contribution in [1.82, 2.24) is 0 Å². The average molecular weight is 272 g/mol. The van der Waals surface area contributed by atoms with Gasteiger partial charge in [-0.25, -0.2) is 0 Å². The number of rotatable bonds is 4. The first-order chi connectivity index (χ1) is 9.15. The number of phenols is 1. The number of carbonyl (C=O) groups is 1. The highest BCUT2D eigenvalue weighted by Gasteiger charge is 1.96. The van der Waals surface area contributed by atoms with E-state index < -0.39 is 0 Å². The van der Waals surface area contributed by atoms with Gasteiger partial charge in [0.2, 0.25) is 0 Å². The first-order valence-electron chi connectivity index (χ1n) is 6.18. The van der Waals surface area contributed by atoms with Gasteiger partial charge in [-0.05, 0) is 41.0 Å². The van der Waals surface area contributed by atoms with E-state index in [9.17, 15) is 9.90 Å². The van der Waals surface area contributed by atoms with Gasteiger partial charge in [0.1, 0.15) is 5.75 Å². The van der Waals surface area contributed by atoms with Crippen LogP contribution in [0.3, 0.4) is 0 Å². The van der Waals surface area contributed by atoms with Crippen LogP contribution < -0.4 is 0 Å². The maximum Gasteiger partial charge on any atom is 0.185 e. The second-order valence-corrected chi connectivity index (χ2v) is 5.59. The Balaban J connectivity index is 2.03. The van der Waals surface area contributed by atoms with E-state index in [2.05, 4.69) is 18.2 Å². The van der Waals surface area contributed by atoms with Crippen molar-refractivity contribution in [2.75, 3.05) is 5.75 Å². The fourth-order valence-electron chi connectivity index (χ4n) is 1.85. The fourth-order valence-corrected chi connectivity index (χ4v) is 2.39. The zero-order valence-electron chi connectivity index (χ0n) is 10.8. The minimum atomic E-state index is 0.166. The number of aromatic hydroxyl groups is 1. The second kappa shape index (κ2) is 6.43. The van der Waals surface area contributed by atoms with E-state index in [1.807, 2.05) is 18.2 Å². The average Bonchev–Trinajstić information content (AvgIpc) is 2.38. The SMILES string of the molecule is CC(=O)SCCC=Cc1ccc2cc(O)ccc2c1. The molecule has 3 heteroatoms. The molecule has 0 aliphatic heterocycles. The zero-order valence-corrected chi connectivity index (χ0v) is 11.6. The van der Waals surface area contributed by atoms with Gasteiger partial charge in [-0.1, -0.05) is 42.1 Å². The van der Waals surface area contributed by atoms with Crippen LogP contribution in [0.15, 0.2) is 42.5 Å². The van der Waals surface area contributed by atoms with Gasteiger partial charge in [0.15, 0.2) is 5.12 Å². The molecule has 1 N–H and O–H groups in total. The highest BCUT2D eigenvalue weighted by Crippen LogP contribution is 2.21. The quantitative estimate of drug-likeness (QED) is 0.846. The summed E-state index contributed by atoms with van der Waals surface area (Å²) < 4.78 is 0. The molecular weight excluding hydrogens is 256 g/mol. The molecule has 0 spiro atoms. The Kier molecular flexibility index (Phi) is 4.63. The molecule has 0 aliphatic carbocycles. The summed E-state index contributed by atoms with van der Waals surface area (Å²) in [4.78, 5) is 10.8. The molecule has 0 unspecified atom stereocenters. The number of fused-ring (bicyclic) bond motifs is 1. The lowest BCUT2D eigenvalue weighted by Gasteiger charge is -2.00. The molecule has 0 fully saturated rings. The smallest absolute Gasteiger partial charge is 0.185 e. The van der Waals surface area contributed by atoms with Gasteiger partial charge in [-0.3, -0.25) is 4.79 Å². The first-order valence-corrected chi connectivity index (χ1v) is 7.16. The molecule has 0 heterocycles. The molecule has 98 valence electrons. The van der Waals surface area contributed by atoms with E-state index in [1.165, 1.54) is 11.8 Å². The number of thioether (sulfide) groups is 1. The van der Waals surface area contributed by atoms with Gasteiger partial charge < -0.3 is 5.11 Å². The second-order valence-electron chi connectivity index (χ2n) is 4.32. The van der Waals surface area contributed by atoms with Crippen LogP contribution in [0.4, 0.5) is 0 Å². The Bertz CT molecular complexity index is 617. The number of hydrogen-bond donors (Lipinski definition) is 1. The molecule has 0 atom stereocenters. The zero-order chi connectivity index (χ0) is 13.7. The van der Waals surface area contributed by atoms with Crippen molar-refractivity contribution in [2.45, 2.75) is 13.3 Å². The number of hydrogen-bond acceptors (Lipinski definition) is 3.